The molecule has 0 fully saturated rings. The molecule has 0 aliphatic rings. The third-order valence-corrected chi connectivity index (χ3v) is 1.37. The summed E-state index contributed by atoms with van der Waals surface area (Å²) in [6.45, 7) is 6.72. The van der Waals surface area contributed by atoms with E-state index in [1.807, 2.05) is 0 Å². The van der Waals surface area contributed by atoms with Crippen molar-refractivity contribution in [3.05, 3.63) is 25.3 Å². The second-order valence-electron chi connectivity index (χ2n) is 1.26. The normalized spacial score (nSPS) is 8.00. The molecule has 0 saturated heterocycles. The van der Waals surface area contributed by atoms with Crippen molar-refractivity contribution in [2.75, 3.05) is 0 Å². The minimum absolute atomic E-state index is 0.181. The van der Waals surface area contributed by atoms with Gasteiger partial charge in [-0.25, -0.2) is 4.79 Å². The van der Waals surface area contributed by atoms with Gasteiger partial charge in [0.05, 0.1) is 0 Å². The number of carbonyl (C=O) groups is 1. The average molecular weight is 140 g/mol. The summed E-state index contributed by atoms with van der Waals surface area (Å²) in [6, 6.07) is 0.722. The lowest BCUT2D eigenvalue weighted by Gasteiger charge is -1.93. The molecule has 2 radical (unpaired) electrons. The second-order valence-corrected chi connectivity index (χ2v) is 2.16. The fourth-order valence-electron chi connectivity index (χ4n) is 0.213. The Morgan fingerprint density at radius 1 is 1.67 bits per heavy atom. The van der Waals surface area contributed by atoms with Crippen LogP contribution in [-0.2, 0) is 9.22 Å². The van der Waals surface area contributed by atoms with Gasteiger partial charge in [0.1, 0.15) is 0 Å². The highest BCUT2D eigenvalue weighted by molar-refractivity contribution is 6.31. The molecule has 0 aromatic carbocycles. The lowest BCUT2D eigenvalue weighted by Crippen LogP contribution is -2.03. The maximum atomic E-state index is 10.3. The fraction of sp³-hybridized carbons (Fsp3) is 0.167. The van der Waals surface area contributed by atoms with Gasteiger partial charge in [0, 0.05) is 6.08 Å². The minimum atomic E-state index is -0.366. The van der Waals surface area contributed by atoms with Gasteiger partial charge in [0.2, 0.25) is 0 Å². The smallest absolute Gasteiger partial charge is 0.319 e. The standard InChI is InChI=1S/C6H8O2Si/c1-3-5-9-8-6(7)4-2/h3-4H,1-2,5H2. The highest BCUT2D eigenvalue weighted by atomic mass is 28.2. The molecule has 0 rings (SSSR count). The van der Waals surface area contributed by atoms with Gasteiger partial charge in [0.25, 0.3) is 0 Å². The van der Waals surface area contributed by atoms with Crippen molar-refractivity contribution in [1.82, 2.24) is 0 Å². The van der Waals surface area contributed by atoms with Gasteiger partial charge in [-0.05, 0) is 6.04 Å². The van der Waals surface area contributed by atoms with Crippen LogP contribution in [0, 0.1) is 0 Å². The molecule has 2 nitrogen and oxygen atoms in total. The van der Waals surface area contributed by atoms with E-state index in [1.165, 1.54) is 0 Å². The van der Waals surface area contributed by atoms with Gasteiger partial charge in [-0.15, -0.1) is 6.58 Å². The maximum absolute atomic E-state index is 10.3. The van der Waals surface area contributed by atoms with Crippen LogP contribution in [0.3, 0.4) is 0 Å². The van der Waals surface area contributed by atoms with E-state index in [0.29, 0.717) is 0 Å². The second kappa shape index (κ2) is 5.31. The van der Waals surface area contributed by atoms with E-state index >= 15 is 0 Å². The van der Waals surface area contributed by atoms with Gasteiger partial charge in [0.15, 0.2) is 0 Å². The first-order valence-corrected chi connectivity index (χ1v) is 3.59. The Kier molecular flexibility index (Phi) is 4.82. The Labute approximate surface area is 57.2 Å². The van der Waals surface area contributed by atoms with E-state index in [1.54, 1.807) is 6.08 Å². The molecule has 9 heavy (non-hydrogen) atoms. The fourth-order valence-corrected chi connectivity index (χ4v) is 0.640. The molecular weight excluding hydrogens is 132 g/mol. The third kappa shape index (κ3) is 5.03. The summed E-state index contributed by atoms with van der Waals surface area (Å²) >= 11 is 0. The summed E-state index contributed by atoms with van der Waals surface area (Å²) in [6.07, 6.45) is 2.85. The summed E-state index contributed by atoms with van der Waals surface area (Å²) in [7, 11) is 0.181. The third-order valence-electron chi connectivity index (χ3n) is 0.567. The molecule has 0 unspecified atom stereocenters. The molecule has 0 bridgehead atoms. The highest BCUT2D eigenvalue weighted by Crippen LogP contribution is 1.82. The molecule has 0 atom stereocenters. The summed E-state index contributed by atoms with van der Waals surface area (Å²) < 4.78 is 4.63. The predicted octanol–water partition coefficient (Wildman–Crippen LogP) is 0.939. The Morgan fingerprint density at radius 3 is 2.78 bits per heavy atom. The Balaban J connectivity index is 3.16. The van der Waals surface area contributed by atoms with Crippen molar-refractivity contribution in [1.29, 1.82) is 0 Å². The van der Waals surface area contributed by atoms with Crippen LogP contribution in [0.2, 0.25) is 6.04 Å². The van der Waals surface area contributed by atoms with Crippen LogP contribution in [0.5, 0.6) is 0 Å². The molecule has 0 spiro atoms. The Bertz CT molecular complexity index is 120. The summed E-state index contributed by atoms with van der Waals surface area (Å²) in [4.78, 5) is 10.3. The summed E-state index contributed by atoms with van der Waals surface area (Å²) in [5.41, 5.74) is 0. The summed E-state index contributed by atoms with van der Waals surface area (Å²) in [5.74, 6) is -0.366. The molecule has 48 valence electrons. The van der Waals surface area contributed by atoms with E-state index in [-0.39, 0.29) is 15.7 Å². The lowest BCUT2D eigenvalue weighted by atomic mass is 10.7. The molecule has 0 aromatic heterocycles. The Hall–Kier alpha value is -0.833. The number of hydrogen-bond donors (Lipinski definition) is 0. The van der Waals surface area contributed by atoms with Crippen LogP contribution in [0.25, 0.3) is 0 Å². The maximum Gasteiger partial charge on any atom is 0.319 e. The average Bonchev–Trinajstić information content (AvgIpc) is 1.89. The molecule has 0 saturated carbocycles. The van der Waals surface area contributed by atoms with Crippen LogP contribution in [0.15, 0.2) is 25.3 Å². The zero-order valence-corrected chi connectivity index (χ0v) is 6.09. The van der Waals surface area contributed by atoms with E-state index in [9.17, 15) is 4.79 Å². The van der Waals surface area contributed by atoms with Crippen LogP contribution in [0.1, 0.15) is 0 Å². The van der Waals surface area contributed by atoms with E-state index in [0.717, 1.165) is 12.1 Å². The van der Waals surface area contributed by atoms with Crippen molar-refractivity contribution < 1.29 is 9.22 Å². The number of carbonyl (C=O) groups excluding carboxylic acids is 1. The van der Waals surface area contributed by atoms with Crippen molar-refractivity contribution in [3.63, 3.8) is 0 Å². The van der Waals surface area contributed by atoms with Crippen LogP contribution < -0.4 is 0 Å². The highest BCUT2D eigenvalue weighted by Gasteiger charge is 1.93. The van der Waals surface area contributed by atoms with Gasteiger partial charge in [-0.2, -0.15) is 0 Å². The monoisotopic (exact) mass is 140 g/mol. The zero-order valence-electron chi connectivity index (χ0n) is 5.09. The van der Waals surface area contributed by atoms with Crippen LogP contribution in [-0.4, -0.2) is 15.7 Å². The van der Waals surface area contributed by atoms with Crippen molar-refractivity contribution in [2.24, 2.45) is 0 Å². The predicted molar refractivity (Wildman–Crippen MR) is 37.0 cm³/mol. The molecular formula is C6H8O2Si. The van der Waals surface area contributed by atoms with Gasteiger partial charge < -0.3 is 4.43 Å². The SMILES string of the molecule is C=CC[Si]OC(=O)C=C. The largest absolute Gasteiger partial charge is 0.513 e. The van der Waals surface area contributed by atoms with E-state index in [4.69, 9.17) is 0 Å². The molecule has 3 heteroatoms. The molecule has 0 aliphatic heterocycles. The Morgan fingerprint density at radius 2 is 2.33 bits per heavy atom. The summed E-state index contributed by atoms with van der Waals surface area (Å²) in [5, 5.41) is 0. The molecule has 0 aromatic rings. The van der Waals surface area contributed by atoms with E-state index in [2.05, 4.69) is 17.6 Å². The van der Waals surface area contributed by atoms with Gasteiger partial charge in [-0.1, -0.05) is 12.7 Å². The quantitative estimate of drug-likeness (QED) is 0.251. The van der Waals surface area contributed by atoms with Crippen molar-refractivity contribution in [2.45, 2.75) is 6.04 Å². The number of hydrogen-bond acceptors (Lipinski definition) is 2. The van der Waals surface area contributed by atoms with Gasteiger partial charge >= 0.3 is 15.7 Å². The number of allylic oxidation sites excluding steroid dienone is 1. The topological polar surface area (TPSA) is 26.3 Å². The number of rotatable bonds is 4. The van der Waals surface area contributed by atoms with Crippen LogP contribution in [0.4, 0.5) is 0 Å². The minimum Gasteiger partial charge on any atom is -0.513 e. The molecule has 0 aliphatic carbocycles. The molecule has 0 N–H and O–H groups in total. The van der Waals surface area contributed by atoms with Gasteiger partial charge in [-0.3, -0.25) is 0 Å². The molecule has 0 heterocycles. The lowest BCUT2D eigenvalue weighted by molar-refractivity contribution is -0.128. The first-order valence-electron chi connectivity index (χ1n) is 2.48. The first-order chi connectivity index (χ1) is 4.31. The molecule has 0 amide bonds. The van der Waals surface area contributed by atoms with Crippen LogP contribution >= 0.6 is 0 Å². The van der Waals surface area contributed by atoms with Crippen molar-refractivity contribution in [3.8, 4) is 0 Å². The van der Waals surface area contributed by atoms with E-state index < -0.39 is 0 Å². The zero-order chi connectivity index (χ0) is 7.11. The first kappa shape index (κ1) is 8.17. The van der Waals surface area contributed by atoms with Crippen molar-refractivity contribution >= 4 is 15.7 Å².